The van der Waals surface area contributed by atoms with Crippen LogP contribution in [0.2, 0.25) is 0 Å². The van der Waals surface area contributed by atoms with E-state index < -0.39 is 11.8 Å². The topological polar surface area (TPSA) is 61.5 Å². The van der Waals surface area contributed by atoms with Gasteiger partial charge in [0.25, 0.3) is 0 Å². The number of benzene rings is 1. The summed E-state index contributed by atoms with van der Waals surface area (Å²) in [4.78, 5) is 11.0. The molecule has 15 heavy (non-hydrogen) atoms. The molecular formula is C10H12FNO3. The molecule has 5 heteroatoms. The smallest absolute Gasteiger partial charge is 0.310 e. The van der Waals surface area contributed by atoms with E-state index in [2.05, 4.69) is 4.74 Å². The van der Waals surface area contributed by atoms with Crippen molar-refractivity contribution in [3.8, 4) is 5.75 Å². The highest BCUT2D eigenvalue weighted by Crippen LogP contribution is 2.27. The van der Waals surface area contributed by atoms with Crippen LogP contribution in [0.15, 0.2) is 12.1 Å². The Balaban J connectivity index is 3.05. The maximum atomic E-state index is 13.6. The lowest BCUT2D eigenvalue weighted by Gasteiger charge is -2.09. The van der Waals surface area contributed by atoms with E-state index >= 15 is 0 Å². The number of ether oxygens (including phenoxy) is 2. The predicted molar refractivity (Wildman–Crippen MR) is 53.1 cm³/mol. The van der Waals surface area contributed by atoms with Crippen LogP contribution in [0, 0.1) is 5.82 Å². The Morgan fingerprint density at radius 3 is 2.67 bits per heavy atom. The maximum Gasteiger partial charge on any atom is 0.310 e. The number of nitrogen functional groups attached to an aromatic ring is 1. The minimum absolute atomic E-state index is 0.0450. The normalized spacial score (nSPS) is 9.80. The number of halogens is 1. The molecule has 0 saturated carbocycles. The van der Waals surface area contributed by atoms with E-state index in [9.17, 15) is 9.18 Å². The molecule has 0 aliphatic rings. The van der Waals surface area contributed by atoms with E-state index in [1.165, 1.54) is 26.4 Å². The van der Waals surface area contributed by atoms with Crippen molar-refractivity contribution in [2.45, 2.75) is 6.42 Å². The molecule has 0 bridgehead atoms. The number of anilines is 1. The summed E-state index contributed by atoms with van der Waals surface area (Å²) >= 11 is 0. The predicted octanol–water partition coefficient (Wildman–Crippen LogP) is 1.13. The molecule has 0 fully saturated rings. The zero-order valence-electron chi connectivity index (χ0n) is 8.54. The zero-order valence-corrected chi connectivity index (χ0v) is 8.54. The van der Waals surface area contributed by atoms with Gasteiger partial charge in [0, 0.05) is 5.56 Å². The Morgan fingerprint density at radius 2 is 2.13 bits per heavy atom. The lowest BCUT2D eigenvalue weighted by molar-refractivity contribution is -0.139. The average molecular weight is 213 g/mol. The number of methoxy groups -OCH3 is 2. The van der Waals surface area contributed by atoms with Gasteiger partial charge in [-0.2, -0.15) is 0 Å². The zero-order chi connectivity index (χ0) is 11.4. The van der Waals surface area contributed by atoms with Crippen LogP contribution in [0.1, 0.15) is 5.56 Å². The Kier molecular flexibility index (Phi) is 3.49. The van der Waals surface area contributed by atoms with Crippen LogP contribution in [0.3, 0.4) is 0 Å². The number of hydrogen-bond acceptors (Lipinski definition) is 4. The number of carbonyl (C=O) groups excluding carboxylic acids is 1. The quantitative estimate of drug-likeness (QED) is 0.604. The summed E-state index contributed by atoms with van der Waals surface area (Å²) in [5.74, 6) is -1.18. The Labute approximate surface area is 86.8 Å². The molecule has 0 radical (unpaired) electrons. The van der Waals surface area contributed by atoms with Crippen LogP contribution in [-0.4, -0.2) is 20.2 Å². The summed E-state index contributed by atoms with van der Waals surface area (Å²) in [5.41, 5.74) is 5.88. The third kappa shape index (κ3) is 2.37. The fraction of sp³-hybridized carbons (Fsp3) is 0.300. The first-order chi connectivity index (χ1) is 7.10. The van der Waals surface area contributed by atoms with E-state index in [1.807, 2.05) is 0 Å². The minimum atomic E-state index is -0.622. The molecule has 82 valence electrons. The van der Waals surface area contributed by atoms with Crippen LogP contribution in [0.25, 0.3) is 0 Å². The monoisotopic (exact) mass is 213 g/mol. The molecule has 2 N–H and O–H groups in total. The van der Waals surface area contributed by atoms with E-state index in [4.69, 9.17) is 10.5 Å². The molecule has 0 spiro atoms. The second-order valence-electron chi connectivity index (χ2n) is 2.91. The maximum absolute atomic E-state index is 13.6. The molecule has 4 nitrogen and oxygen atoms in total. The second-order valence-corrected chi connectivity index (χ2v) is 2.91. The van der Waals surface area contributed by atoms with E-state index in [-0.39, 0.29) is 23.4 Å². The fourth-order valence-electron chi connectivity index (χ4n) is 1.18. The van der Waals surface area contributed by atoms with Crippen molar-refractivity contribution >= 4 is 11.7 Å². The largest absolute Gasteiger partial charge is 0.492 e. The molecule has 0 amide bonds. The van der Waals surface area contributed by atoms with Crippen LogP contribution >= 0.6 is 0 Å². The standard InChI is InChI=1S/C10H12FNO3/c1-14-8(13)5-6-3-4-7(12)10(15-2)9(6)11/h3-4H,5,12H2,1-2H3. The lowest BCUT2D eigenvalue weighted by atomic mass is 10.1. The highest BCUT2D eigenvalue weighted by atomic mass is 19.1. The van der Waals surface area contributed by atoms with Crippen molar-refractivity contribution < 1.29 is 18.7 Å². The summed E-state index contributed by atoms with van der Waals surface area (Å²) in [6, 6.07) is 2.92. The van der Waals surface area contributed by atoms with E-state index in [0.717, 1.165) is 0 Å². The Hall–Kier alpha value is -1.78. The molecule has 1 aromatic carbocycles. The molecule has 1 rings (SSSR count). The summed E-state index contributed by atoms with van der Waals surface area (Å²) in [6.45, 7) is 0. The van der Waals surface area contributed by atoms with Gasteiger partial charge in [-0.25, -0.2) is 4.39 Å². The average Bonchev–Trinajstić information content (AvgIpc) is 2.23. The van der Waals surface area contributed by atoms with Gasteiger partial charge in [-0.15, -0.1) is 0 Å². The van der Waals surface area contributed by atoms with Crippen LogP contribution in [0.5, 0.6) is 5.75 Å². The SMILES string of the molecule is COC(=O)Cc1ccc(N)c(OC)c1F. The van der Waals surface area contributed by atoms with E-state index in [1.54, 1.807) is 0 Å². The van der Waals surface area contributed by atoms with Crippen molar-refractivity contribution in [3.63, 3.8) is 0 Å². The molecule has 0 aliphatic carbocycles. The molecule has 0 atom stereocenters. The van der Waals surface area contributed by atoms with Gasteiger partial charge >= 0.3 is 5.97 Å². The van der Waals surface area contributed by atoms with Gasteiger partial charge < -0.3 is 15.2 Å². The summed E-state index contributed by atoms with van der Waals surface area (Å²) < 4.78 is 22.8. The number of rotatable bonds is 3. The van der Waals surface area contributed by atoms with Gasteiger partial charge in [0.1, 0.15) is 0 Å². The van der Waals surface area contributed by atoms with E-state index in [0.29, 0.717) is 0 Å². The summed E-state index contributed by atoms with van der Waals surface area (Å²) in [7, 11) is 2.56. The van der Waals surface area contributed by atoms with Gasteiger partial charge in [-0.1, -0.05) is 6.07 Å². The van der Waals surface area contributed by atoms with Crippen LogP contribution in [-0.2, 0) is 16.0 Å². The van der Waals surface area contributed by atoms with Gasteiger partial charge in [0.05, 0.1) is 26.3 Å². The Morgan fingerprint density at radius 1 is 1.47 bits per heavy atom. The van der Waals surface area contributed by atoms with Crippen LogP contribution < -0.4 is 10.5 Å². The third-order valence-corrected chi connectivity index (χ3v) is 1.97. The highest BCUT2D eigenvalue weighted by molar-refractivity contribution is 5.73. The first-order valence-electron chi connectivity index (χ1n) is 4.27. The van der Waals surface area contributed by atoms with Gasteiger partial charge in [0.2, 0.25) is 0 Å². The van der Waals surface area contributed by atoms with Crippen LogP contribution in [0.4, 0.5) is 10.1 Å². The summed E-state index contributed by atoms with van der Waals surface area (Å²) in [5, 5.41) is 0. The molecule has 0 saturated heterocycles. The molecule has 0 unspecified atom stereocenters. The first kappa shape index (κ1) is 11.3. The van der Waals surface area contributed by atoms with Crippen molar-refractivity contribution in [3.05, 3.63) is 23.5 Å². The molecule has 1 aromatic rings. The summed E-state index contributed by atoms with van der Waals surface area (Å²) in [6.07, 6.45) is -0.140. The molecular weight excluding hydrogens is 201 g/mol. The third-order valence-electron chi connectivity index (χ3n) is 1.97. The molecule has 0 aliphatic heterocycles. The van der Waals surface area contributed by atoms with Gasteiger partial charge in [0.15, 0.2) is 11.6 Å². The fourth-order valence-corrected chi connectivity index (χ4v) is 1.18. The lowest BCUT2D eigenvalue weighted by Crippen LogP contribution is -2.07. The molecule has 0 aromatic heterocycles. The van der Waals surface area contributed by atoms with Crippen molar-refractivity contribution in [2.24, 2.45) is 0 Å². The van der Waals surface area contributed by atoms with Crippen molar-refractivity contribution in [1.29, 1.82) is 0 Å². The number of carbonyl (C=O) groups is 1. The van der Waals surface area contributed by atoms with Gasteiger partial charge in [-0.05, 0) is 6.07 Å². The first-order valence-corrected chi connectivity index (χ1v) is 4.27. The van der Waals surface area contributed by atoms with Gasteiger partial charge in [-0.3, -0.25) is 4.79 Å². The highest BCUT2D eigenvalue weighted by Gasteiger charge is 2.14. The number of nitrogens with two attached hydrogens (primary N) is 1. The molecule has 0 heterocycles. The minimum Gasteiger partial charge on any atom is -0.492 e. The second kappa shape index (κ2) is 4.63. The number of esters is 1. The number of hydrogen-bond donors (Lipinski definition) is 1. The van der Waals surface area contributed by atoms with Crippen molar-refractivity contribution in [2.75, 3.05) is 20.0 Å². The Bertz CT molecular complexity index is 379. The van der Waals surface area contributed by atoms with Crippen molar-refractivity contribution in [1.82, 2.24) is 0 Å².